The molecule has 1 aliphatic rings. The smallest absolute Gasteiger partial charge is 0.417 e. The highest BCUT2D eigenvalue weighted by molar-refractivity contribution is 5.91. The maximum atomic E-state index is 12.4. The summed E-state index contributed by atoms with van der Waals surface area (Å²) in [6, 6.07) is 7.52. The molecule has 0 fully saturated rings. The molecule has 0 spiro atoms. The number of nitrogens with zero attached hydrogens (tertiary/aromatic N) is 1. The number of alkyl halides is 3. The van der Waals surface area contributed by atoms with Gasteiger partial charge in [0.1, 0.15) is 5.82 Å². The van der Waals surface area contributed by atoms with E-state index in [1.165, 1.54) is 12.1 Å². The van der Waals surface area contributed by atoms with Crippen LogP contribution in [0.15, 0.2) is 42.6 Å². The largest absolute Gasteiger partial charge is 0.454 e. The average Bonchev–Trinajstić information content (AvgIpc) is 3.11. The first-order valence-electron chi connectivity index (χ1n) is 8.04. The summed E-state index contributed by atoms with van der Waals surface area (Å²) >= 11 is 0. The van der Waals surface area contributed by atoms with Gasteiger partial charge in [0, 0.05) is 25.4 Å². The molecule has 27 heavy (non-hydrogen) atoms. The fraction of sp³-hybridized carbons (Fsp3) is 0.222. The normalized spacial score (nSPS) is 13.0. The zero-order valence-electron chi connectivity index (χ0n) is 14.0. The van der Waals surface area contributed by atoms with Gasteiger partial charge in [0.05, 0.1) is 5.56 Å². The number of benzene rings is 1. The Balaban J connectivity index is 1.40. The predicted molar refractivity (Wildman–Crippen MR) is 92.3 cm³/mol. The van der Waals surface area contributed by atoms with Crippen LogP contribution in [0.4, 0.5) is 19.0 Å². The van der Waals surface area contributed by atoms with E-state index in [4.69, 9.17) is 9.47 Å². The molecule has 0 atom stereocenters. The van der Waals surface area contributed by atoms with Crippen molar-refractivity contribution in [3.8, 4) is 11.5 Å². The lowest BCUT2D eigenvalue weighted by Crippen LogP contribution is -2.27. The molecule has 0 saturated carbocycles. The Bertz CT molecular complexity index is 836. The van der Waals surface area contributed by atoms with Gasteiger partial charge in [-0.15, -0.1) is 0 Å². The number of carbonyl (C=O) groups is 1. The number of nitrogens with one attached hydrogen (secondary N) is 2. The first-order valence-corrected chi connectivity index (χ1v) is 8.04. The Labute approximate surface area is 153 Å². The second-order valence-corrected chi connectivity index (χ2v) is 5.59. The molecule has 142 valence electrons. The van der Waals surface area contributed by atoms with Crippen molar-refractivity contribution in [3.63, 3.8) is 0 Å². The lowest BCUT2D eigenvalue weighted by molar-refractivity contribution is -0.137. The topological polar surface area (TPSA) is 72.5 Å². The van der Waals surface area contributed by atoms with Gasteiger partial charge < -0.3 is 20.1 Å². The van der Waals surface area contributed by atoms with Gasteiger partial charge in [-0.05, 0) is 35.9 Å². The number of carbonyl (C=O) groups excluding carboxylic acids is 1. The lowest BCUT2D eigenvalue weighted by atomic mass is 10.2. The van der Waals surface area contributed by atoms with E-state index in [2.05, 4.69) is 15.6 Å². The first kappa shape index (κ1) is 18.6. The van der Waals surface area contributed by atoms with Crippen molar-refractivity contribution in [3.05, 3.63) is 53.7 Å². The highest BCUT2D eigenvalue weighted by atomic mass is 19.4. The third-order valence-corrected chi connectivity index (χ3v) is 3.64. The van der Waals surface area contributed by atoms with Gasteiger partial charge in [0.15, 0.2) is 11.5 Å². The number of halogens is 3. The second kappa shape index (κ2) is 7.98. The van der Waals surface area contributed by atoms with Gasteiger partial charge in [-0.1, -0.05) is 6.07 Å². The second-order valence-electron chi connectivity index (χ2n) is 5.59. The number of ether oxygens (including phenoxy) is 2. The minimum absolute atomic E-state index is 0.184. The molecule has 1 aliphatic heterocycles. The van der Waals surface area contributed by atoms with Crippen molar-refractivity contribution in [2.24, 2.45) is 0 Å². The van der Waals surface area contributed by atoms with Crippen LogP contribution in [0, 0.1) is 0 Å². The molecule has 1 aromatic carbocycles. The number of hydrogen-bond donors (Lipinski definition) is 2. The van der Waals surface area contributed by atoms with Crippen molar-refractivity contribution in [2.45, 2.75) is 6.18 Å². The summed E-state index contributed by atoms with van der Waals surface area (Å²) in [6.45, 7) is 0.790. The maximum absolute atomic E-state index is 12.4. The summed E-state index contributed by atoms with van der Waals surface area (Å²) in [7, 11) is 0. The number of anilines is 1. The monoisotopic (exact) mass is 379 g/mol. The van der Waals surface area contributed by atoms with E-state index in [0.29, 0.717) is 23.9 Å². The Morgan fingerprint density at radius 2 is 1.96 bits per heavy atom. The third kappa shape index (κ3) is 5.13. The molecule has 0 aliphatic carbocycles. The molecular formula is C18H16F3N3O3. The van der Waals surface area contributed by atoms with Crippen molar-refractivity contribution in [2.75, 3.05) is 25.2 Å². The zero-order valence-corrected chi connectivity index (χ0v) is 14.0. The Morgan fingerprint density at radius 1 is 1.15 bits per heavy atom. The summed E-state index contributed by atoms with van der Waals surface area (Å²) < 4.78 is 47.8. The van der Waals surface area contributed by atoms with Crippen molar-refractivity contribution < 1.29 is 27.4 Å². The molecular weight excluding hydrogens is 363 g/mol. The van der Waals surface area contributed by atoms with Crippen molar-refractivity contribution >= 4 is 17.8 Å². The van der Waals surface area contributed by atoms with Crippen molar-refractivity contribution in [1.29, 1.82) is 0 Å². The number of amides is 1. The van der Waals surface area contributed by atoms with Crippen LogP contribution in [0.1, 0.15) is 11.1 Å². The quantitative estimate of drug-likeness (QED) is 0.596. The van der Waals surface area contributed by atoms with Gasteiger partial charge in [-0.3, -0.25) is 4.79 Å². The molecule has 0 saturated heterocycles. The third-order valence-electron chi connectivity index (χ3n) is 3.64. The number of rotatable bonds is 6. The number of pyridine rings is 1. The molecule has 9 heteroatoms. The van der Waals surface area contributed by atoms with E-state index in [-0.39, 0.29) is 19.2 Å². The summed E-state index contributed by atoms with van der Waals surface area (Å²) in [4.78, 5) is 15.5. The fourth-order valence-corrected chi connectivity index (χ4v) is 2.29. The average molecular weight is 379 g/mol. The molecule has 0 radical (unpaired) electrons. The van der Waals surface area contributed by atoms with Crippen molar-refractivity contribution in [1.82, 2.24) is 10.3 Å². The lowest BCUT2D eigenvalue weighted by Gasteiger charge is -2.08. The van der Waals surface area contributed by atoms with Crippen LogP contribution >= 0.6 is 0 Å². The first-order chi connectivity index (χ1) is 12.9. The fourth-order valence-electron chi connectivity index (χ4n) is 2.29. The highest BCUT2D eigenvalue weighted by Crippen LogP contribution is 2.32. The molecule has 1 aromatic heterocycles. The SMILES string of the molecule is O=C(/C=C/c1ccc2c(c1)OCO2)NCCNc1ccc(C(F)(F)F)cn1. The molecule has 2 N–H and O–H groups in total. The summed E-state index contributed by atoms with van der Waals surface area (Å²) in [5.74, 6) is 1.30. The van der Waals surface area contributed by atoms with Gasteiger partial charge in [-0.25, -0.2) is 4.98 Å². The van der Waals surface area contributed by atoms with Crippen LogP contribution in [0.3, 0.4) is 0 Å². The van der Waals surface area contributed by atoms with E-state index in [0.717, 1.165) is 17.8 Å². The van der Waals surface area contributed by atoms with Gasteiger partial charge in [-0.2, -0.15) is 13.2 Å². The number of fused-ring (bicyclic) bond motifs is 1. The highest BCUT2D eigenvalue weighted by Gasteiger charge is 2.30. The van der Waals surface area contributed by atoms with Gasteiger partial charge in [0.2, 0.25) is 12.7 Å². The number of hydrogen-bond acceptors (Lipinski definition) is 5. The minimum Gasteiger partial charge on any atom is -0.454 e. The van der Waals surface area contributed by atoms with Crippen LogP contribution in [-0.2, 0) is 11.0 Å². The van der Waals surface area contributed by atoms with Crippen LogP contribution in [0.5, 0.6) is 11.5 Å². The molecule has 3 rings (SSSR count). The summed E-state index contributed by atoms with van der Waals surface area (Å²) in [6.07, 6.45) is -0.630. The zero-order chi connectivity index (χ0) is 19.3. The molecule has 1 amide bonds. The van der Waals surface area contributed by atoms with E-state index in [1.807, 2.05) is 0 Å². The standard InChI is InChI=1S/C18H16F3N3O3/c19-18(20,21)13-3-5-16(24-10-13)22-7-8-23-17(25)6-2-12-1-4-14-15(9-12)27-11-26-14/h1-6,9-10H,7-8,11H2,(H,22,24)(H,23,25)/b6-2+. The van der Waals surface area contributed by atoms with E-state index in [9.17, 15) is 18.0 Å². The minimum atomic E-state index is -4.41. The van der Waals surface area contributed by atoms with Gasteiger partial charge >= 0.3 is 6.18 Å². The number of aromatic nitrogens is 1. The molecule has 2 aromatic rings. The van der Waals surface area contributed by atoms with E-state index >= 15 is 0 Å². The Hall–Kier alpha value is -3.23. The summed E-state index contributed by atoms with van der Waals surface area (Å²) in [5, 5.41) is 5.49. The van der Waals surface area contributed by atoms with E-state index < -0.39 is 11.7 Å². The molecule has 0 bridgehead atoms. The van der Waals surface area contributed by atoms with E-state index in [1.54, 1.807) is 24.3 Å². The van der Waals surface area contributed by atoms with Gasteiger partial charge in [0.25, 0.3) is 0 Å². The van der Waals surface area contributed by atoms with Crippen LogP contribution in [-0.4, -0.2) is 30.8 Å². The van der Waals surface area contributed by atoms with Crippen LogP contribution in [0.2, 0.25) is 0 Å². The Kier molecular flexibility index (Phi) is 5.49. The Morgan fingerprint density at radius 3 is 2.70 bits per heavy atom. The predicted octanol–water partition coefficient (Wildman–Crippen LogP) is 3.07. The molecule has 6 nitrogen and oxygen atoms in total. The molecule has 0 unspecified atom stereocenters. The van der Waals surface area contributed by atoms with Crippen LogP contribution in [0.25, 0.3) is 6.08 Å². The maximum Gasteiger partial charge on any atom is 0.417 e. The summed E-state index contributed by atoms with van der Waals surface area (Å²) in [5.41, 5.74) is -0.0171. The van der Waals surface area contributed by atoms with Crippen LogP contribution < -0.4 is 20.1 Å². The molecule has 2 heterocycles.